The van der Waals surface area contributed by atoms with Crippen molar-refractivity contribution in [1.29, 1.82) is 0 Å². The fourth-order valence-electron chi connectivity index (χ4n) is 5.22. The summed E-state index contributed by atoms with van der Waals surface area (Å²) in [6.45, 7) is 4.45. The molecule has 1 heteroatoms. The minimum Gasteiger partial charge on any atom is -0.207 e. The minimum absolute atomic E-state index is 0.0912. The zero-order valence-electron chi connectivity index (χ0n) is 21.7. The number of rotatable bonds is 12. The van der Waals surface area contributed by atoms with Crippen LogP contribution < -0.4 is 0 Å². The minimum atomic E-state index is -0.0912. The van der Waals surface area contributed by atoms with Gasteiger partial charge in [-0.15, -0.1) is 0 Å². The third kappa shape index (κ3) is 8.94. The van der Waals surface area contributed by atoms with Crippen molar-refractivity contribution < 1.29 is 4.39 Å². The Morgan fingerprint density at radius 2 is 1.38 bits per heavy atom. The maximum Gasteiger partial charge on any atom is 0.127 e. The molecule has 1 aliphatic rings. The molecule has 0 unspecified atom stereocenters. The third-order valence-electron chi connectivity index (χ3n) is 7.52. The van der Waals surface area contributed by atoms with Gasteiger partial charge in [-0.2, -0.15) is 0 Å². The van der Waals surface area contributed by atoms with E-state index in [4.69, 9.17) is 0 Å². The average Bonchev–Trinajstić information content (AvgIpc) is 2.87. The Hall–Kier alpha value is -2.07. The van der Waals surface area contributed by atoms with Crippen molar-refractivity contribution in [3.05, 3.63) is 70.5 Å². The number of hydrogen-bond acceptors (Lipinski definition) is 0. The topological polar surface area (TPSA) is 0 Å². The van der Waals surface area contributed by atoms with Crippen LogP contribution in [-0.4, -0.2) is 0 Å². The maximum absolute atomic E-state index is 14.4. The summed E-state index contributed by atoms with van der Waals surface area (Å²) in [6.07, 6.45) is 18.3. The molecule has 0 radical (unpaired) electrons. The summed E-state index contributed by atoms with van der Waals surface area (Å²) in [5, 5.41) is 0. The summed E-state index contributed by atoms with van der Waals surface area (Å²) in [5.74, 6) is 7.72. The van der Waals surface area contributed by atoms with E-state index in [-0.39, 0.29) is 5.82 Å². The summed E-state index contributed by atoms with van der Waals surface area (Å²) < 4.78 is 14.4. The van der Waals surface area contributed by atoms with Crippen LogP contribution in [0, 0.1) is 23.6 Å². The van der Waals surface area contributed by atoms with Crippen molar-refractivity contribution in [2.24, 2.45) is 5.92 Å². The molecular formula is C33H45F. The Labute approximate surface area is 208 Å². The lowest BCUT2D eigenvalue weighted by molar-refractivity contribution is 0.384. The normalized spacial score (nSPS) is 17.9. The van der Waals surface area contributed by atoms with E-state index in [1.165, 1.54) is 68.9 Å². The molecular weight excluding hydrogens is 415 g/mol. The van der Waals surface area contributed by atoms with E-state index in [1.807, 2.05) is 12.1 Å². The number of aryl methyl sites for hydroxylation is 2. The van der Waals surface area contributed by atoms with Gasteiger partial charge in [0.2, 0.25) is 0 Å². The zero-order valence-corrected chi connectivity index (χ0v) is 21.7. The molecule has 0 saturated heterocycles. The van der Waals surface area contributed by atoms with Crippen LogP contribution in [0.1, 0.15) is 125 Å². The molecule has 0 aliphatic heterocycles. The first kappa shape index (κ1) is 26.5. The molecule has 3 rings (SSSR count). The predicted molar refractivity (Wildman–Crippen MR) is 145 cm³/mol. The number of hydrogen-bond donors (Lipinski definition) is 0. The Kier molecular flexibility index (Phi) is 11.7. The van der Waals surface area contributed by atoms with Crippen LogP contribution in [0.2, 0.25) is 0 Å². The molecule has 0 N–H and O–H groups in total. The highest BCUT2D eigenvalue weighted by Crippen LogP contribution is 2.35. The van der Waals surface area contributed by atoms with Gasteiger partial charge < -0.3 is 0 Å². The Balaban J connectivity index is 1.41. The van der Waals surface area contributed by atoms with Gasteiger partial charge in [0.25, 0.3) is 0 Å². The van der Waals surface area contributed by atoms with Gasteiger partial charge in [0.15, 0.2) is 0 Å². The van der Waals surface area contributed by atoms with Crippen molar-refractivity contribution in [3.63, 3.8) is 0 Å². The maximum atomic E-state index is 14.4. The quantitative estimate of drug-likeness (QED) is 0.218. The second-order valence-corrected chi connectivity index (χ2v) is 10.3. The molecule has 1 fully saturated rings. The zero-order chi connectivity index (χ0) is 24.0. The Morgan fingerprint density at radius 1 is 0.735 bits per heavy atom. The van der Waals surface area contributed by atoms with E-state index in [2.05, 4.69) is 50.0 Å². The molecule has 0 heterocycles. The van der Waals surface area contributed by atoms with Crippen LogP contribution in [0.25, 0.3) is 0 Å². The van der Waals surface area contributed by atoms with E-state index < -0.39 is 0 Å². The summed E-state index contributed by atoms with van der Waals surface area (Å²) in [5.41, 5.74) is 4.64. The fraction of sp³-hybridized carbons (Fsp3) is 0.576. The number of unbranched alkanes of at least 4 members (excludes halogenated alkanes) is 7. The van der Waals surface area contributed by atoms with Gasteiger partial charge in [0.1, 0.15) is 5.82 Å². The monoisotopic (exact) mass is 460 g/mol. The molecule has 0 amide bonds. The standard InChI is InChI=1S/C33H45F/c1-3-5-7-8-9-11-12-27-16-21-30(22-17-27)31-23-18-28(19-24-31)14-15-29-20-25-32(33(34)26-29)13-10-6-4-2/h16-17,20-22,25-26,28,31H,3-13,18-19,23-24H2,1-2H3/t28-,31-. The van der Waals surface area contributed by atoms with Crippen molar-refractivity contribution in [3.8, 4) is 11.8 Å². The SMILES string of the molecule is CCCCCCCCc1ccc([C@H]2CC[C@H](C#Cc3ccc(CCCCC)c(F)c3)CC2)cc1. The van der Waals surface area contributed by atoms with Gasteiger partial charge in [-0.25, -0.2) is 4.39 Å². The van der Waals surface area contributed by atoms with E-state index in [1.54, 1.807) is 6.07 Å². The van der Waals surface area contributed by atoms with E-state index in [9.17, 15) is 4.39 Å². The smallest absolute Gasteiger partial charge is 0.127 e. The third-order valence-corrected chi connectivity index (χ3v) is 7.52. The molecule has 0 nitrogen and oxygen atoms in total. The summed E-state index contributed by atoms with van der Waals surface area (Å²) in [6, 6.07) is 15.0. The van der Waals surface area contributed by atoms with Gasteiger partial charge in [0, 0.05) is 11.5 Å². The molecule has 1 saturated carbocycles. The largest absolute Gasteiger partial charge is 0.207 e. The fourth-order valence-corrected chi connectivity index (χ4v) is 5.22. The number of halogens is 1. The molecule has 2 aromatic rings. The molecule has 0 aromatic heterocycles. The van der Waals surface area contributed by atoms with Crippen molar-refractivity contribution in [1.82, 2.24) is 0 Å². The molecule has 0 spiro atoms. The Bertz CT molecular complexity index is 890. The van der Waals surface area contributed by atoms with Crippen LogP contribution in [0.15, 0.2) is 42.5 Å². The highest BCUT2D eigenvalue weighted by Gasteiger charge is 2.21. The lowest BCUT2D eigenvalue weighted by Gasteiger charge is -2.26. The van der Waals surface area contributed by atoms with E-state index in [0.29, 0.717) is 11.8 Å². The molecule has 34 heavy (non-hydrogen) atoms. The predicted octanol–water partition coefficient (Wildman–Crippen LogP) is 9.79. The molecule has 1 aliphatic carbocycles. The average molecular weight is 461 g/mol. The van der Waals surface area contributed by atoms with Crippen molar-refractivity contribution in [2.75, 3.05) is 0 Å². The molecule has 0 atom stereocenters. The highest BCUT2D eigenvalue weighted by molar-refractivity contribution is 5.37. The van der Waals surface area contributed by atoms with Crippen molar-refractivity contribution >= 4 is 0 Å². The lowest BCUT2D eigenvalue weighted by atomic mass is 9.78. The Morgan fingerprint density at radius 3 is 2.09 bits per heavy atom. The van der Waals surface area contributed by atoms with Gasteiger partial charge in [0.05, 0.1) is 0 Å². The van der Waals surface area contributed by atoms with Crippen LogP contribution in [0.4, 0.5) is 4.39 Å². The first-order valence-corrected chi connectivity index (χ1v) is 14.1. The lowest BCUT2D eigenvalue weighted by Crippen LogP contribution is -2.12. The first-order chi connectivity index (χ1) is 16.7. The van der Waals surface area contributed by atoms with Crippen molar-refractivity contribution in [2.45, 2.75) is 116 Å². The molecule has 2 aromatic carbocycles. The van der Waals surface area contributed by atoms with Crippen LogP contribution >= 0.6 is 0 Å². The molecule has 184 valence electrons. The second-order valence-electron chi connectivity index (χ2n) is 10.3. The van der Waals surface area contributed by atoms with Crippen LogP contribution in [0.3, 0.4) is 0 Å². The van der Waals surface area contributed by atoms with Gasteiger partial charge in [-0.1, -0.05) is 101 Å². The van der Waals surface area contributed by atoms with Crippen LogP contribution in [-0.2, 0) is 12.8 Å². The van der Waals surface area contributed by atoms with Gasteiger partial charge in [-0.3, -0.25) is 0 Å². The highest BCUT2D eigenvalue weighted by atomic mass is 19.1. The van der Waals surface area contributed by atoms with Gasteiger partial charge >= 0.3 is 0 Å². The summed E-state index contributed by atoms with van der Waals surface area (Å²) in [7, 11) is 0. The first-order valence-electron chi connectivity index (χ1n) is 14.1. The van der Waals surface area contributed by atoms with E-state index in [0.717, 1.165) is 49.7 Å². The summed E-state index contributed by atoms with van der Waals surface area (Å²) >= 11 is 0. The second kappa shape index (κ2) is 15.0. The number of benzene rings is 2. The molecule has 0 bridgehead atoms. The summed E-state index contributed by atoms with van der Waals surface area (Å²) in [4.78, 5) is 0. The van der Waals surface area contributed by atoms with Gasteiger partial charge in [-0.05, 0) is 86.1 Å². The van der Waals surface area contributed by atoms with E-state index >= 15 is 0 Å². The van der Waals surface area contributed by atoms with Crippen LogP contribution in [0.5, 0.6) is 0 Å².